The Morgan fingerprint density at radius 2 is 1.77 bits per heavy atom. The Hall–Kier alpha value is -3.88. The van der Waals surface area contributed by atoms with Crippen LogP contribution in [0.1, 0.15) is 0 Å². The first-order valence-electron chi connectivity index (χ1n) is 9.28. The van der Waals surface area contributed by atoms with E-state index in [1.54, 1.807) is 61.8 Å². The van der Waals surface area contributed by atoms with E-state index in [0.717, 1.165) is 0 Å². The van der Waals surface area contributed by atoms with Crippen LogP contribution in [0.15, 0.2) is 71.8 Å². The third-order valence-electron chi connectivity index (χ3n) is 4.61. The van der Waals surface area contributed by atoms with Crippen molar-refractivity contribution in [2.24, 2.45) is 0 Å². The molecule has 0 fully saturated rings. The normalized spacial score (nSPS) is 11.5. The largest absolute Gasteiger partial charge is 0.497 e. The lowest BCUT2D eigenvalue weighted by Crippen LogP contribution is -2.23. The molecule has 0 aliphatic carbocycles. The van der Waals surface area contributed by atoms with Crippen LogP contribution in [0.5, 0.6) is 5.75 Å². The molecule has 2 aromatic carbocycles. The van der Waals surface area contributed by atoms with Crippen LogP contribution in [0.3, 0.4) is 0 Å². The molecule has 31 heavy (non-hydrogen) atoms. The van der Waals surface area contributed by atoms with Gasteiger partial charge in [-0.2, -0.15) is 13.2 Å². The van der Waals surface area contributed by atoms with Crippen LogP contribution >= 0.6 is 0 Å². The molecule has 2 heterocycles. The van der Waals surface area contributed by atoms with Crippen LogP contribution in [0.2, 0.25) is 0 Å². The van der Waals surface area contributed by atoms with Gasteiger partial charge in [0.1, 0.15) is 12.3 Å². The lowest BCUT2D eigenvalue weighted by Gasteiger charge is -2.14. The summed E-state index contributed by atoms with van der Waals surface area (Å²) in [7, 11) is 1.55. The summed E-state index contributed by atoms with van der Waals surface area (Å²) < 4.78 is 44.4. The fraction of sp³-hybridized carbons (Fsp3) is 0.136. The van der Waals surface area contributed by atoms with Gasteiger partial charge in [-0.05, 0) is 29.8 Å². The van der Waals surface area contributed by atoms with Crippen molar-refractivity contribution in [2.75, 3.05) is 19.0 Å². The fourth-order valence-corrected chi connectivity index (χ4v) is 3.17. The molecule has 158 valence electrons. The van der Waals surface area contributed by atoms with Crippen molar-refractivity contribution >= 4 is 16.9 Å². The van der Waals surface area contributed by atoms with Gasteiger partial charge in [0.05, 0.1) is 18.2 Å². The molecule has 0 atom stereocenters. The standard InChI is InChI=1S/C22H17F3N4O2/c1-31-17-9-7-16(8-10-17)29-12-15-11-26-21(27-13-22(23,24)25)28-19(15)18(20(29)30)14-5-3-2-4-6-14/h2-12H,13H2,1H3,(H,27,28). The van der Waals surface area contributed by atoms with E-state index in [1.807, 2.05) is 6.07 Å². The summed E-state index contributed by atoms with van der Waals surface area (Å²) in [5.74, 6) is 0.438. The van der Waals surface area contributed by atoms with Gasteiger partial charge in [-0.25, -0.2) is 9.97 Å². The molecule has 0 bridgehead atoms. The van der Waals surface area contributed by atoms with Gasteiger partial charge in [-0.3, -0.25) is 9.36 Å². The molecule has 0 amide bonds. The highest BCUT2D eigenvalue weighted by atomic mass is 19.4. The highest BCUT2D eigenvalue weighted by Crippen LogP contribution is 2.26. The summed E-state index contributed by atoms with van der Waals surface area (Å²) >= 11 is 0. The average molecular weight is 426 g/mol. The van der Waals surface area contributed by atoms with E-state index in [4.69, 9.17) is 4.74 Å². The third-order valence-corrected chi connectivity index (χ3v) is 4.61. The van der Waals surface area contributed by atoms with Crippen molar-refractivity contribution in [3.63, 3.8) is 0 Å². The summed E-state index contributed by atoms with van der Waals surface area (Å²) in [6, 6.07) is 15.8. The van der Waals surface area contributed by atoms with E-state index in [0.29, 0.717) is 22.4 Å². The number of fused-ring (bicyclic) bond motifs is 1. The summed E-state index contributed by atoms with van der Waals surface area (Å²) in [5, 5.41) is 2.67. The number of hydrogen-bond donors (Lipinski definition) is 1. The molecule has 0 spiro atoms. The zero-order chi connectivity index (χ0) is 22.0. The first-order chi connectivity index (χ1) is 14.9. The summed E-state index contributed by atoms with van der Waals surface area (Å²) in [5.41, 5.74) is 1.38. The van der Waals surface area contributed by atoms with Crippen LogP contribution in [-0.4, -0.2) is 34.4 Å². The summed E-state index contributed by atoms with van der Waals surface area (Å²) in [6.07, 6.45) is -1.45. The number of anilines is 1. The molecule has 0 saturated heterocycles. The Bertz CT molecular complexity index is 1270. The minimum atomic E-state index is -4.42. The van der Waals surface area contributed by atoms with Crippen LogP contribution in [0.25, 0.3) is 27.7 Å². The van der Waals surface area contributed by atoms with Crippen molar-refractivity contribution < 1.29 is 17.9 Å². The number of benzene rings is 2. The number of rotatable bonds is 5. The maximum atomic E-state index is 13.4. The second-order valence-corrected chi connectivity index (χ2v) is 6.71. The summed E-state index contributed by atoms with van der Waals surface area (Å²) in [6.45, 7) is -1.28. The number of halogens is 3. The molecule has 9 heteroatoms. The van der Waals surface area contributed by atoms with Gasteiger partial charge in [0.15, 0.2) is 0 Å². The summed E-state index contributed by atoms with van der Waals surface area (Å²) in [4.78, 5) is 21.6. The maximum absolute atomic E-state index is 13.4. The molecule has 0 aliphatic heterocycles. The molecule has 0 unspecified atom stereocenters. The van der Waals surface area contributed by atoms with Gasteiger partial charge >= 0.3 is 6.18 Å². The van der Waals surface area contributed by atoms with Crippen molar-refractivity contribution in [3.05, 3.63) is 77.3 Å². The Labute approximate surface area is 175 Å². The first kappa shape index (κ1) is 20.4. The van der Waals surface area contributed by atoms with Crippen LogP contribution in [-0.2, 0) is 0 Å². The SMILES string of the molecule is COc1ccc(-n2cc3cnc(NCC(F)(F)F)nc3c(-c3ccccc3)c2=O)cc1. The van der Waals surface area contributed by atoms with Crippen molar-refractivity contribution in [1.29, 1.82) is 0 Å². The van der Waals surface area contributed by atoms with E-state index >= 15 is 0 Å². The zero-order valence-electron chi connectivity index (χ0n) is 16.3. The molecule has 6 nitrogen and oxygen atoms in total. The quantitative estimate of drug-likeness (QED) is 0.511. The molecule has 2 aromatic heterocycles. The van der Waals surface area contributed by atoms with Crippen molar-refractivity contribution in [1.82, 2.24) is 14.5 Å². The number of ether oxygens (including phenoxy) is 1. The van der Waals surface area contributed by atoms with E-state index < -0.39 is 12.7 Å². The second kappa shape index (κ2) is 8.10. The van der Waals surface area contributed by atoms with Gasteiger partial charge in [-0.1, -0.05) is 30.3 Å². The van der Waals surface area contributed by atoms with Crippen LogP contribution in [0.4, 0.5) is 19.1 Å². The van der Waals surface area contributed by atoms with Gasteiger partial charge in [0, 0.05) is 23.5 Å². The lowest BCUT2D eigenvalue weighted by molar-refractivity contribution is -0.115. The minimum Gasteiger partial charge on any atom is -0.497 e. The minimum absolute atomic E-state index is 0.205. The second-order valence-electron chi connectivity index (χ2n) is 6.71. The fourth-order valence-electron chi connectivity index (χ4n) is 3.17. The van der Waals surface area contributed by atoms with Gasteiger partial charge in [0.2, 0.25) is 5.95 Å². The molecule has 0 radical (unpaired) electrons. The van der Waals surface area contributed by atoms with Crippen LogP contribution < -0.4 is 15.6 Å². The average Bonchev–Trinajstić information content (AvgIpc) is 2.77. The van der Waals surface area contributed by atoms with Crippen molar-refractivity contribution in [3.8, 4) is 22.6 Å². The number of methoxy groups -OCH3 is 1. The number of nitrogens with one attached hydrogen (secondary N) is 1. The van der Waals surface area contributed by atoms with Crippen molar-refractivity contribution in [2.45, 2.75) is 6.18 Å². The highest BCUT2D eigenvalue weighted by Gasteiger charge is 2.27. The van der Waals surface area contributed by atoms with Gasteiger partial charge < -0.3 is 10.1 Å². The molecular formula is C22H17F3N4O2. The molecular weight excluding hydrogens is 409 g/mol. The Morgan fingerprint density at radius 3 is 2.42 bits per heavy atom. The van der Waals surface area contributed by atoms with E-state index in [-0.39, 0.29) is 22.6 Å². The predicted molar refractivity (Wildman–Crippen MR) is 112 cm³/mol. The predicted octanol–water partition coefficient (Wildman–Crippen LogP) is 4.43. The zero-order valence-corrected chi connectivity index (χ0v) is 16.3. The Kier molecular flexibility index (Phi) is 5.33. The topological polar surface area (TPSA) is 69.0 Å². The number of aromatic nitrogens is 3. The number of pyridine rings is 1. The van der Waals surface area contributed by atoms with E-state index in [9.17, 15) is 18.0 Å². The molecule has 4 aromatic rings. The van der Waals surface area contributed by atoms with E-state index in [1.165, 1.54) is 10.8 Å². The molecule has 1 N–H and O–H groups in total. The number of nitrogens with zero attached hydrogens (tertiary/aromatic N) is 3. The maximum Gasteiger partial charge on any atom is 0.405 e. The lowest BCUT2D eigenvalue weighted by atomic mass is 10.0. The third kappa shape index (κ3) is 4.35. The number of alkyl halides is 3. The smallest absolute Gasteiger partial charge is 0.405 e. The van der Waals surface area contributed by atoms with Gasteiger partial charge in [0.25, 0.3) is 5.56 Å². The first-order valence-corrected chi connectivity index (χ1v) is 9.28. The van der Waals surface area contributed by atoms with Crippen LogP contribution in [0, 0.1) is 0 Å². The van der Waals surface area contributed by atoms with Gasteiger partial charge in [-0.15, -0.1) is 0 Å². The monoisotopic (exact) mass is 426 g/mol. The molecule has 4 rings (SSSR count). The Balaban J connectivity index is 1.92. The number of hydrogen-bond acceptors (Lipinski definition) is 5. The Morgan fingerprint density at radius 1 is 1.06 bits per heavy atom. The highest BCUT2D eigenvalue weighted by molar-refractivity contribution is 5.93. The molecule has 0 aliphatic rings. The van der Waals surface area contributed by atoms with E-state index in [2.05, 4.69) is 15.3 Å². The molecule has 0 saturated carbocycles.